The molecule has 160 valence electrons. The van der Waals surface area contributed by atoms with Gasteiger partial charge in [0.2, 0.25) is 5.51 Å². The van der Waals surface area contributed by atoms with E-state index in [-0.39, 0.29) is 42.4 Å². The summed E-state index contributed by atoms with van der Waals surface area (Å²) in [6, 6.07) is 0. The van der Waals surface area contributed by atoms with Gasteiger partial charge in [0.05, 0.1) is 17.0 Å². The number of nitrogens with zero attached hydrogens (tertiary/aromatic N) is 3. The molecule has 1 atom stereocenters. The molecule has 0 aliphatic rings. The minimum absolute atomic E-state index is 0. The van der Waals surface area contributed by atoms with Crippen LogP contribution < -0.4 is 10.3 Å². The van der Waals surface area contributed by atoms with Gasteiger partial charge in [-0.25, -0.2) is 19.1 Å². The number of aryl methyl sites for hydroxylation is 1. The van der Waals surface area contributed by atoms with E-state index in [2.05, 4.69) is 18.8 Å². The first-order valence-corrected chi connectivity index (χ1v) is 11.2. The summed E-state index contributed by atoms with van der Waals surface area (Å²) < 4.78 is 32.2. The SMILES string of the molecule is Br.Cc1ncc(C[n+]2csc(CCOP(=O)(O)OP(=O)(O)O)c2C)c(N)n1.Cl. The lowest BCUT2D eigenvalue weighted by Crippen LogP contribution is -2.35. The van der Waals surface area contributed by atoms with E-state index in [0.717, 1.165) is 16.1 Å². The molecule has 0 amide bonds. The van der Waals surface area contributed by atoms with Gasteiger partial charge in [0.15, 0.2) is 12.2 Å². The molecule has 0 bridgehead atoms. The minimum Gasteiger partial charge on any atom is -0.383 e. The predicted octanol–water partition coefficient (Wildman–Crippen LogP) is 1.84. The second-order valence-electron chi connectivity index (χ2n) is 5.31. The highest BCUT2D eigenvalue weighted by Gasteiger charge is 2.32. The summed E-state index contributed by atoms with van der Waals surface area (Å²) in [6.45, 7) is 3.83. The summed E-state index contributed by atoms with van der Waals surface area (Å²) in [6.07, 6.45) is 1.92. The molecule has 28 heavy (non-hydrogen) atoms. The van der Waals surface area contributed by atoms with Crippen molar-refractivity contribution in [1.29, 1.82) is 0 Å². The van der Waals surface area contributed by atoms with Crippen molar-refractivity contribution in [3.8, 4) is 0 Å². The summed E-state index contributed by atoms with van der Waals surface area (Å²) in [4.78, 5) is 35.4. The zero-order valence-electron chi connectivity index (χ0n) is 14.8. The predicted molar refractivity (Wildman–Crippen MR) is 110 cm³/mol. The molecule has 0 saturated heterocycles. The second-order valence-corrected chi connectivity index (χ2v) is 9.08. The molecule has 0 aliphatic heterocycles. The van der Waals surface area contributed by atoms with E-state index in [1.54, 1.807) is 13.1 Å². The molecule has 0 radical (unpaired) electrons. The number of thiazole rings is 1. The Labute approximate surface area is 182 Å². The summed E-state index contributed by atoms with van der Waals surface area (Å²) in [5, 5.41) is 0. The Balaban J connectivity index is 0.00000364. The van der Waals surface area contributed by atoms with E-state index in [0.29, 0.717) is 18.2 Å². The van der Waals surface area contributed by atoms with Crippen LogP contribution in [0.25, 0.3) is 0 Å². The maximum absolute atomic E-state index is 11.4. The van der Waals surface area contributed by atoms with Gasteiger partial charge in [-0.05, 0) is 6.92 Å². The molecule has 0 spiro atoms. The quantitative estimate of drug-likeness (QED) is 0.285. The smallest absolute Gasteiger partial charge is 0.383 e. The Morgan fingerprint density at radius 1 is 1.29 bits per heavy atom. The fourth-order valence-corrected chi connectivity index (χ4v) is 4.64. The number of anilines is 1. The number of rotatable bonds is 8. The van der Waals surface area contributed by atoms with E-state index < -0.39 is 15.6 Å². The lowest BCUT2D eigenvalue weighted by molar-refractivity contribution is -0.689. The molecule has 2 heterocycles. The van der Waals surface area contributed by atoms with Crippen LogP contribution in [0.1, 0.15) is 22.0 Å². The average Bonchev–Trinajstić information content (AvgIpc) is 2.80. The van der Waals surface area contributed by atoms with Crippen LogP contribution in [0.15, 0.2) is 11.7 Å². The van der Waals surface area contributed by atoms with E-state index in [4.69, 9.17) is 15.5 Å². The number of halogens is 2. The molecular weight excluding hydrogens is 522 g/mol. The number of hydrogen-bond acceptors (Lipinski definition) is 8. The molecule has 16 heteroatoms. The van der Waals surface area contributed by atoms with Crippen molar-refractivity contribution in [2.24, 2.45) is 0 Å². The van der Waals surface area contributed by atoms with E-state index in [1.165, 1.54) is 11.3 Å². The van der Waals surface area contributed by atoms with Crippen LogP contribution in [0.2, 0.25) is 0 Å². The van der Waals surface area contributed by atoms with Crippen molar-refractivity contribution in [2.75, 3.05) is 12.3 Å². The van der Waals surface area contributed by atoms with Crippen molar-refractivity contribution >= 4 is 62.2 Å². The van der Waals surface area contributed by atoms with Crippen LogP contribution in [0, 0.1) is 13.8 Å². The summed E-state index contributed by atoms with van der Waals surface area (Å²) in [7, 11) is -9.94. The Bertz CT molecular complexity index is 897. The van der Waals surface area contributed by atoms with Crippen LogP contribution in [-0.2, 0) is 30.9 Å². The standard InChI is InChI=1S/C12H18N4O7P2S.BrH.ClH/c1-8-11(3-4-22-25(20,21)23-24(17,18)19)26-7-16(8)6-10-5-14-9(2)15-12(10)13;;/h5,7H,3-4,6H2,1-2H3,(H4-,13,14,15,17,18,19,20,21);2*1H/p+1. The number of nitrogen functional groups attached to an aromatic ring is 1. The zero-order chi connectivity index (χ0) is 19.5. The molecule has 2 rings (SSSR count). The van der Waals surface area contributed by atoms with E-state index >= 15 is 0 Å². The summed E-state index contributed by atoms with van der Waals surface area (Å²) >= 11 is 1.40. The lowest BCUT2D eigenvalue weighted by atomic mass is 10.2. The van der Waals surface area contributed by atoms with Crippen LogP contribution in [0.5, 0.6) is 0 Å². The van der Waals surface area contributed by atoms with Crippen molar-refractivity contribution in [3.05, 3.63) is 33.7 Å². The van der Waals surface area contributed by atoms with Crippen molar-refractivity contribution in [3.63, 3.8) is 0 Å². The molecule has 5 N–H and O–H groups in total. The third kappa shape index (κ3) is 8.50. The maximum Gasteiger partial charge on any atom is 0.481 e. The lowest BCUT2D eigenvalue weighted by Gasteiger charge is -2.11. The van der Waals surface area contributed by atoms with Gasteiger partial charge in [-0.1, -0.05) is 11.3 Å². The number of nitrogens with two attached hydrogens (primary N) is 1. The normalized spacial score (nSPS) is 13.3. The first kappa shape index (κ1) is 27.5. The third-order valence-electron chi connectivity index (χ3n) is 3.31. The molecule has 2 aromatic rings. The topological polar surface area (TPSA) is 169 Å². The molecule has 2 aromatic heterocycles. The Morgan fingerprint density at radius 2 is 1.93 bits per heavy atom. The molecule has 11 nitrogen and oxygen atoms in total. The largest absolute Gasteiger partial charge is 0.481 e. The van der Waals surface area contributed by atoms with Gasteiger partial charge < -0.3 is 20.4 Å². The molecule has 0 aromatic carbocycles. The Morgan fingerprint density at radius 3 is 2.50 bits per heavy atom. The van der Waals surface area contributed by atoms with Crippen LogP contribution in [0.3, 0.4) is 0 Å². The number of hydrogen-bond donors (Lipinski definition) is 4. The first-order chi connectivity index (χ1) is 12.0. The van der Waals surface area contributed by atoms with Gasteiger partial charge in [-0.2, -0.15) is 8.88 Å². The summed E-state index contributed by atoms with van der Waals surface area (Å²) in [5.74, 6) is 0.985. The molecule has 0 aliphatic carbocycles. The fraction of sp³-hybridized carbons (Fsp3) is 0.417. The van der Waals surface area contributed by atoms with Gasteiger partial charge in [0.25, 0.3) is 0 Å². The van der Waals surface area contributed by atoms with Crippen molar-refractivity contribution < 1.29 is 37.2 Å². The highest BCUT2D eigenvalue weighted by atomic mass is 79.9. The fourth-order valence-electron chi connectivity index (χ4n) is 2.08. The van der Waals surface area contributed by atoms with Crippen molar-refractivity contribution in [2.45, 2.75) is 26.8 Å². The molecular formula is C12H21BrClN4O7P2S+. The summed E-state index contributed by atoms with van der Waals surface area (Å²) in [5.41, 5.74) is 9.40. The van der Waals surface area contributed by atoms with Crippen molar-refractivity contribution in [1.82, 2.24) is 9.97 Å². The maximum atomic E-state index is 11.4. The van der Waals surface area contributed by atoms with Gasteiger partial charge in [-0.15, -0.1) is 29.4 Å². The Kier molecular flexibility index (Phi) is 10.9. The molecule has 0 saturated carbocycles. The highest BCUT2D eigenvalue weighted by molar-refractivity contribution is 8.93. The van der Waals surface area contributed by atoms with Crippen LogP contribution >= 0.6 is 56.4 Å². The third-order valence-corrected chi connectivity index (χ3v) is 6.64. The molecule has 0 fully saturated rings. The average molecular weight is 543 g/mol. The van der Waals surface area contributed by atoms with Crippen LogP contribution in [0.4, 0.5) is 5.82 Å². The van der Waals surface area contributed by atoms with Gasteiger partial charge in [-0.3, -0.25) is 4.52 Å². The monoisotopic (exact) mass is 541 g/mol. The highest BCUT2D eigenvalue weighted by Crippen LogP contribution is 2.57. The first-order valence-electron chi connectivity index (χ1n) is 7.25. The van der Waals surface area contributed by atoms with Gasteiger partial charge in [0, 0.05) is 19.5 Å². The number of phosphoric ester groups is 1. The zero-order valence-corrected chi connectivity index (χ0v) is 19.9. The van der Waals surface area contributed by atoms with E-state index in [9.17, 15) is 14.0 Å². The molecule has 1 unspecified atom stereocenters. The van der Waals surface area contributed by atoms with E-state index in [1.807, 2.05) is 17.0 Å². The number of aromatic nitrogens is 3. The number of phosphoric acid groups is 2. The minimum atomic E-state index is -5.12. The van der Waals surface area contributed by atoms with Crippen LogP contribution in [-0.4, -0.2) is 31.3 Å². The van der Waals surface area contributed by atoms with Gasteiger partial charge >= 0.3 is 15.6 Å². The second kappa shape index (κ2) is 11.1. The Hall–Kier alpha value is -0.460. The van der Waals surface area contributed by atoms with Gasteiger partial charge in [0.1, 0.15) is 11.6 Å².